The van der Waals surface area contributed by atoms with Gasteiger partial charge in [0.05, 0.1) is 35.3 Å². The molecule has 0 radical (unpaired) electrons. The molecule has 1 saturated carbocycles. The maximum atomic E-state index is 13.3. The average molecular weight is 454 g/mol. The Bertz CT molecular complexity index is 980. The number of carbonyl (C=O) groups is 4. The molecule has 0 aromatic heterocycles. The van der Waals surface area contributed by atoms with Crippen molar-refractivity contribution in [1.82, 2.24) is 9.80 Å². The van der Waals surface area contributed by atoms with E-state index in [0.717, 1.165) is 37.9 Å². The minimum Gasteiger partial charge on any atom is -0.466 e. The van der Waals surface area contributed by atoms with Gasteiger partial charge in [-0.1, -0.05) is 6.07 Å². The molecule has 1 atom stereocenters. The molecule has 0 spiro atoms. The van der Waals surface area contributed by atoms with Crippen molar-refractivity contribution < 1.29 is 23.9 Å². The van der Waals surface area contributed by atoms with Crippen LogP contribution in [0, 0.1) is 11.8 Å². The molecule has 8 nitrogen and oxygen atoms in total. The number of imide groups is 1. The molecule has 0 N–H and O–H groups in total. The lowest BCUT2D eigenvalue weighted by Crippen LogP contribution is -2.48. The zero-order valence-corrected chi connectivity index (χ0v) is 19.1. The van der Waals surface area contributed by atoms with Crippen molar-refractivity contribution >= 4 is 29.4 Å². The summed E-state index contributed by atoms with van der Waals surface area (Å²) < 4.78 is 5.13. The van der Waals surface area contributed by atoms with Crippen molar-refractivity contribution in [1.29, 1.82) is 0 Å². The van der Waals surface area contributed by atoms with Crippen LogP contribution < -0.4 is 4.90 Å². The quantitative estimate of drug-likeness (QED) is 0.503. The van der Waals surface area contributed by atoms with E-state index in [0.29, 0.717) is 50.2 Å². The average Bonchev–Trinajstić information content (AvgIpc) is 3.64. The largest absolute Gasteiger partial charge is 0.466 e. The van der Waals surface area contributed by atoms with Gasteiger partial charge in [-0.25, -0.2) is 0 Å². The summed E-state index contributed by atoms with van der Waals surface area (Å²) in [5, 5.41) is 0. The predicted octanol–water partition coefficient (Wildman–Crippen LogP) is 2.46. The third-order valence-corrected chi connectivity index (χ3v) is 7.37. The summed E-state index contributed by atoms with van der Waals surface area (Å²) in [5.74, 6) is -0.694. The molecule has 3 fully saturated rings. The molecule has 3 amide bonds. The highest BCUT2D eigenvalue weighted by atomic mass is 16.5. The molecule has 2 saturated heterocycles. The number of likely N-dealkylation sites (tertiary alicyclic amines) is 1. The molecule has 1 aromatic rings. The zero-order chi connectivity index (χ0) is 23.1. The first kappa shape index (κ1) is 21.9. The van der Waals surface area contributed by atoms with Gasteiger partial charge in [0.25, 0.3) is 11.8 Å². The number of fused-ring (bicyclic) bond motifs is 1. The van der Waals surface area contributed by atoms with Crippen molar-refractivity contribution in [3.63, 3.8) is 0 Å². The first-order valence-corrected chi connectivity index (χ1v) is 12.2. The summed E-state index contributed by atoms with van der Waals surface area (Å²) >= 11 is 0. The maximum absolute atomic E-state index is 13.3. The van der Waals surface area contributed by atoms with Crippen LogP contribution in [0.1, 0.15) is 66.2 Å². The summed E-state index contributed by atoms with van der Waals surface area (Å²) in [6.07, 6.45) is 4.71. The fraction of sp³-hybridized carbons (Fsp3) is 0.600. The Kier molecular flexibility index (Phi) is 5.85. The standard InChI is InChI=1S/C25H31N3O5/c1-2-33-25(32)16-10-13-26(14-11-16)22(29)17-5-4-12-27(15-17)20-7-3-6-19-21(20)24(31)28(23(19)30)18-8-9-18/h3,6-7,16-18H,2,4-5,8-15H2,1H3. The van der Waals surface area contributed by atoms with Gasteiger partial charge in [-0.3, -0.25) is 24.1 Å². The molecule has 4 aliphatic rings. The molecular formula is C25H31N3O5. The number of carbonyl (C=O) groups excluding carboxylic acids is 4. The monoisotopic (exact) mass is 453 g/mol. The second kappa shape index (κ2) is 8.80. The Labute approximate surface area is 193 Å². The minimum atomic E-state index is -0.192. The van der Waals surface area contributed by atoms with Crippen molar-refractivity contribution in [2.24, 2.45) is 11.8 Å². The van der Waals surface area contributed by atoms with E-state index < -0.39 is 0 Å². The summed E-state index contributed by atoms with van der Waals surface area (Å²) in [5.41, 5.74) is 1.75. The van der Waals surface area contributed by atoms with Crippen molar-refractivity contribution in [2.75, 3.05) is 37.7 Å². The summed E-state index contributed by atoms with van der Waals surface area (Å²) in [6, 6.07) is 5.51. The molecular weight excluding hydrogens is 422 g/mol. The number of esters is 1. The minimum absolute atomic E-state index is 0.0402. The van der Waals surface area contributed by atoms with E-state index in [9.17, 15) is 19.2 Å². The lowest BCUT2D eigenvalue weighted by molar-refractivity contribution is -0.151. The SMILES string of the molecule is CCOC(=O)C1CCN(C(=O)C2CCCN(c3cccc4c3C(=O)N(C3CC3)C4=O)C2)CC1. The highest BCUT2D eigenvalue weighted by Crippen LogP contribution is 2.39. The van der Waals surface area contributed by atoms with Crippen molar-refractivity contribution in [3.05, 3.63) is 29.3 Å². The Hall–Kier alpha value is -2.90. The molecule has 3 heterocycles. The first-order chi connectivity index (χ1) is 16.0. The third kappa shape index (κ3) is 4.00. The number of piperidine rings is 2. The molecule has 1 aromatic carbocycles. The maximum Gasteiger partial charge on any atom is 0.309 e. The van der Waals surface area contributed by atoms with Crippen LogP contribution in [0.25, 0.3) is 0 Å². The molecule has 3 aliphatic heterocycles. The van der Waals surface area contributed by atoms with Gasteiger partial charge in [0, 0.05) is 32.2 Å². The number of benzene rings is 1. The van der Waals surface area contributed by atoms with Gasteiger partial charge in [0.15, 0.2) is 0 Å². The Morgan fingerprint density at radius 2 is 1.73 bits per heavy atom. The number of nitrogens with zero attached hydrogens (tertiary/aromatic N) is 3. The lowest BCUT2D eigenvalue weighted by Gasteiger charge is -2.38. The van der Waals surface area contributed by atoms with Gasteiger partial charge in [0.2, 0.25) is 5.91 Å². The second-order valence-electron chi connectivity index (χ2n) is 9.55. The van der Waals surface area contributed by atoms with Gasteiger partial charge in [-0.05, 0) is 57.6 Å². The van der Waals surface area contributed by atoms with Crippen molar-refractivity contribution in [3.8, 4) is 0 Å². The fourth-order valence-corrected chi connectivity index (χ4v) is 5.46. The summed E-state index contributed by atoms with van der Waals surface area (Å²) in [4.78, 5) is 56.6. The van der Waals surface area contributed by atoms with Gasteiger partial charge in [0.1, 0.15) is 0 Å². The van der Waals surface area contributed by atoms with E-state index in [1.54, 1.807) is 13.0 Å². The van der Waals surface area contributed by atoms with E-state index >= 15 is 0 Å². The lowest BCUT2D eigenvalue weighted by atomic mass is 9.92. The summed E-state index contributed by atoms with van der Waals surface area (Å²) in [7, 11) is 0. The van der Waals surface area contributed by atoms with Crippen LogP contribution in [0.15, 0.2) is 18.2 Å². The van der Waals surface area contributed by atoms with Crippen LogP contribution in [-0.4, -0.2) is 72.3 Å². The highest BCUT2D eigenvalue weighted by molar-refractivity contribution is 6.24. The van der Waals surface area contributed by atoms with Gasteiger partial charge in [-0.2, -0.15) is 0 Å². The number of anilines is 1. The second-order valence-corrected chi connectivity index (χ2v) is 9.55. The molecule has 5 rings (SSSR count). The summed E-state index contributed by atoms with van der Waals surface area (Å²) in [6.45, 7) is 4.63. The molecule has 33 heavy (non-hydrogen) atoms. The highest BCUT2D eigenvalue weighted by Gasteiger charge is 2.46. The molecule has 0 bridgehead atoms. The molecule has 1 unspecified atom stereocenters. The number of hydrogen-bond donors (Lipinski definition) is 0. The number of hydrogen-bond acceptors (Lipinski definition) is 6. The van der Waals surface area contributed by atoms with Crippen LogP contribution in [0.4, 0.5) is 5.69 Å². The van der Waals surface area contributed by atoms with Crippen LogP contribution >= 0.6 is 0 Å². The Morgan fingerprint density at radius 3 is 2.42 bits per heavy atom. The molecule has 176 valence electrons. The smallest absolute Gasteiger partial charge is 0.309 e. The van der Waals surface area contributed by atoms with Crippen LogP contribution in [0.3, 0.4) is 0 Å². The fourth-order valence-electron chi connectivity index (χ4n) is 5.46. The third-order valence-electron chi connectivity index (χ3n) is 7.37. The van der Waals surface area contributed by atoms with Gasteiger partial charge < -0.3 is 14.5 Å². The van der Waals surface area contributed by atoms with E-state index in [1.807, 2.05) is 17.0 Å². The van der Waals surface area contributed by atoms with Crippen LogP contribution in [0.5, 0.6) is 0 Å². The van der Waals surface area contributed by atoms with E-state index in [4.69, 9.17) is 4.74 Å². The number of rotatable bonds is 5. The zero-order valence-electron chi connectivity index (χ0n) is 19.1. The number of amides is 3. The van der Waals surface area contributed by atoms with E-state index in [-0.39, 0.29) is 41.6 Å². The van der Waals surface area contributed by atoms with Gasteiger partial charge in [-0.15, -0.1) is 0 Å². The molecule has 8 heteroatoms. The normalized spacial score (nSPS) is 23.7. The van der Waals surface area contributed by atoms with E-state index in [1.165, 1.54) is 4.90 Å². The predicted molar refractivity (Wildman–Crippen MR) is 121 cm³/mol. The van der Waals surface area contributed by atoms with Crippen LogP contribution in [-0.2, 0) is 14.3 Å². The Balaban J connectivity index is 1.27. The van der Waals surface area contributed by atoms with Crippen molar-refractivity contribution in [2.45, 2.75) is 51.5 Å². The van der Waals surface area contributed by atoms with Crippen LogP contribution in [0.2, 0.25) is 0 Å². The number of ether oxygens (including phenoxy) is 1. The first-order valence-electron chi connectivity index (χ1n) is 12.2. The molecule has 1 aliphatic carbocycles. The Morgan fingerprint density at radius 1 is 0.970 bits per heavy atom. The van der Waals surface area contributed by atoms with E-state index in [2.05, 4.69) is 4.90 Å². The van der Waals surface area contributed by atoms with Gasteiger partial charge >= 0.3 is 5.97 Å². The topological polar surface area (TPSA) is 87.2 Å².